The van der Waals surface area contributed by atoms with E-state index in [1.54, 1.807) is 17.5 Å². The van der Waals surface area contributed by atoms with Gasteiger partial charge in [-0.3, -0.25) is 19.6 Å². The molecule has 0 radical (unpaired) electrons. The fourth-order valence-electron chi connectivity index (χ4n) is 7.04. The van der Waals surface area contributed by atoms with Crippen molar-refractivity contribution in [2.75, 3.05) is 32.7 Å². The number of hydrogen-bond acceptors (Lipinski definition) is 5. The van der Waals surface area contributed by atoms with Crippen molar-refractivity contribution >= 4 is 18.0 Å². The number of hydrogen-bond donors (Lipinski definition) is 0. The molecule has 6 nitrogen and oxygen atoms in total. The molecule has 6 heteroatoms. The van der Waals surface area contributed by atoms with Crippen LogP contribution in [0.3, 0.4) is 0 Å². The zero-order chi connectivity index (χ0) is 24.7. The molecule has 4 unspecified atom stereocenters. The lowest BCUT2D eigenvalue weighted by atomic mass is 9.83. The summed E-state index contributed by atoms with van der Waals surface area (Å²) in [6.07, 6.45) is 7.48. The lowest BCUT2D eigenvalue weighted by molar-refractivity contribution is -0.137. The average Bonchev–Trinajstić information content (AvgIpc) is 2.84. The molecule has 3 aliphatic heterocycles. The van der Waals surface area contributed by atoms with E-state index in [0.717, 1.165) is 51.3 Å². The van der Waals surface area contributed by atoms with Gasteiger partial charge in [-0.15, -0.1) is 0 Å². The van der Waals surface area contributed by atoms with Crippen LogP contribution in [0.4, 0.5) is 0 Å². The highest BCUT2D eigenvalue weighted by atomic mass is 16.2. The van der Waals surface area contributed by atoms with Crippen molar-refractivity contribution in [2.45, 2.75) is 90.4 Å². The van der Waals surface area contributed by atoms with Crippen LogP contribution in [0, 0.1) is 12.8 Å². The Morgan fingerprint density at radius 1 is 1.09 bits per heavy atom. The molecule has 3 heterocycles. The van der Waals surface area contributed by atoms with Gasteiger partial charge in [0.2, 0.25) is 5.91 Å². The third kappa shape index (κ3) is 4.72. The number of aliphatic imine (C=N–C) groups is 2. The van der Waals surface area contributed by atoms with E-state index in [4.69, 9.17) is 0 Å². The number of nitrogens with zero attached hydrogens (tertiary/aromatic N) is 5. The van der Waals surface area contributed by atoms with E-state index in [2.05, 4.69) is 63.7 Å². The standard InChI is InChI=1S/C29H43N5O/c1-20-9-10-25-24(17-20)7-6-8-26(25)34-16-15-33(18-21(34)2)29(5)11-13-32(14-12-29)28(35)27-22(3)30-19-31-23(27)4/h9-10,17,19,21-22,26-27H,6-8,11-16,18H2,1-5H3. The third-order valence-electron chi connectivity index (χ3n) is 9.34. The Morgan fingerprint density at radius 2 is 1.86 bits per heavy atom. The molecule has 0 saturated carbocycles. The second kappa shape index (κ2) is 9.78. The predicted octanol–water partition coefficient (Wildman–Crippen LogP) is 4.27. The highest BCUT2D eigenvalue weighted by molar-refractivity contribution is 6.07. The Balaban J connectivity index is 1.20. The summed E-state index contributed by atoms with van der Waals surface area (Å²) in [5.41, 5.74) is 5.58. The Morgan fingerprint density at radius 3 is 2.57 bits per heavy atom. The van der Waals surface area contributed by atoms with Crippen LogP contribution in [0.5, 0.6) is 0 Å². The maximum absolute atomic E-state index is 13.3. The van der Waals surface area contributed by atoms with Crippen LogP contribution >= 0.6 is 0 Å². The molecule has 35 heavy (non-hydrogen) atoms. The van der Waals surface area contributed by atoms with Gasteiger partial charge in [0.15, 0.2) is 0 Å². The molecule has 1 aliphatic carbocycles. The monoisotopic (exact) mass is 477 g/mol. The molecular formula is C29H43N5O. The summed E-state index contributed by atoms with van der Waals surface area (Å²) < 4.78 is 0. The molecule has 4 atom stereocenters. The van der Waals surface area contributed by atoms with E-state index in [-0.39, 0.29) is 23.4 Å². The largest absolute Gasteiger partial charge is 0.342 e. The van der Waals surface area contributed by atoms with Crippen LogP contribution in [0.1, 0.15) is 76.1 Å². The van der Waals surface area contributed by atoms with Crippen LogP contribution in [0.25, 0.3) is 0 Å². The van der Waals surface area contributed by atoms with Gasteiger partial charge in [0.25, 0.3) is 0 Å². The van der Waals surface area contributed by atoms with Crippen molar-refractivity contribution in [3.63, 3.8) is 0 Å². The minimum absolute atomic E-state index is 0.0175. The van der Waals surface area contributed by atoms with E-state index < -0.39 is 0 Å². The number of piperazine rings is 1. The van der Waals surface area contributed by atoms with Crippen molar-refractivity contribution in [2.24, 2.45) is 15.9 Å². The van der Waals surface area contributed by atoms with Crippen LogP contribution in [0.15, 0.2) is 28.2 Å². The molecule has 1 aromatic rings. The maximum Gasteiger partial charge on any atom is 0.233 e. The Labute approximate surface area is 211 Å². The van der Waals surface area contributed by atoms with Gasteiger partial charge < -0.3 is 4.90 Å². The van der Waals surface area contributed by atoms with E-state index in [9.17, 15) is 4.79 Å². The van der Waals surface area contributed by atoms with E-state index in [0.29, 0.717) is 12.1 Å². The molecular weight excluding hydrogens is 434 g/mol. The number of piperidine rings is 1. The first kappa shape index (κ1) is 24.6. The highest BCUT2D eigenvalue weighted by Crippen LogP contribution is 2.39. The van der Waals surface area contributed by atoms with Crippen LogP contribution in [0.2, 0.25) is 0 Å². The first-order valence-corrected chi connectivity index (χ1v) is 13.7. The first-order valence-electron chi connectivity index (χ1n) is 13.7. The van der Waals surface area contributed by atoms with Crippen molar-refractivity contribution in [3.8, 4) is 0 Å². The molecule has 2 fully saturated rings. The summed E-state index contributed by atoms with van der Waals surface area (Å²) in [5, 5.41) is 0. The number of carbonyl (C=O) groups excluding carboxylic acids is 1. The van der Waals surface area contributed by atoms with Crippen molar-refractivity contribution in [1.82, 2.24) is 14.7 Å². The second-order valence-electron chi connectivity index (χ2n) is 11.7. The molecule has 0 N–H and O–H groups in total. The number of rotatable bonds is 3. The quantitative estimate of drug-likeness (QED) is 0.653. The smallest absolute Gasteiger partial charge is 0.233 e. The number of fused-ring (bicyclic) bond motifs is 1. The van der Waals surface area contributed by atoms with Gasteiger partial charge in [0.05, 0.1) is 12.0 Å². The first-order chi connectivity index (χ1) is 16.8. The summed E-state index contributed by atoms with van der Waals surface area (Å²) in [7, 11) is 0. The minimum Gasteiger partial charge on any atom is -0.342 e. The summed E-state index contributed by atoms with van der Waals surface area (Å²) in [5.74, 6) is 0.0112. The molecule has 0 spiro atoms. The number of aryl methyl sites for hydroxylation is 2. The normalized spacial score (nSPS) is 31.7. The fraction of sp³-hybridized carbons (Fsp3) is 0.690. The van der Waals surface area contributed by atoms with Gasteiger partial charge in [0.1, 0.15) is 6.34 Å². The average molecular weight is 478 g/mol. The SMILES string of the molecule is CC1=NC=NC(C)C1C(=O)N1CCC(C)(N2CCN(C3CCCc4cc(C)ccc43)C(C)C2)CC1. The van der Waals surface area contributed by atoms with E-state index in [1.165, 1.54) is 24.8 Å². The van der Waals surface area contributed by atoms with Crippen molar-refractivity contribution in [3.05, 3.63) is 34.9 Å². The summed E-state index contributed by atoms with van der Waals surface area (Å²) >= 11 is 0. The maximum atomic E-state index is 13.3. The molecule has 5 rings (SSSR count). The lowest BCUT2D eigenvalue weighted by Crippen LogP contribution is -2.62. The summed E-state index contributed by atoms with van der Waals surface area (Å²) in [6, 6.07) is 8.18. The summed E-state index contributed by atoms with van der Waals surface area (Å²) in [6.45, 7) is 16.1. The molecule has 0 bridgehead atoms. The molecule has 1 amide bonds. The number of amides is 1. The van der Waals surface area contributed by atoms with E-state index in [1.807, 2.05) is 13.8 Å². The third-order valence-corrected chi connectivity index (χ3v) is 9.34. The molecule has 1 aromatic carbocycles. The number of carbonyl (C=O) groups is 1. The van der Waals surface area contributed by atoms with Gasteiger partial charge in [-0.05, 0) is 77.8 Å². The van der Waals surface area contributed by atoms with Crippen LogP contribution in [-0.2, 0) is 11.2 Å². The van der Waals surface area contributed by atoms with Gasteiger partial charge in [-0.25, -0.2) is 4.99 Å². The fourth-order valence-corrected chi connectivity index (χ4v) is 7.04. The van der Waals surface area contributed by atoms with Crippen molar-refractivity contribution in [1.29, 1.82) is 0 Å². The van der Waals surface area contributed by atoms with Crippen LogP contribution < -0.4 is 0 Å². The topological polar surface area (TPSA) is 51.5 Å². The highest BCUT2D eigenvalue weighted by Gasteiger charge is 2.43. The van der Waals surface area contributed by atoms with Gasteiger partial charge in [-0.2, -0.15) is 0 Å². The Kier molecular flexibility index (Phi) is 6.88. The van der Waals surface area contributed by atoms with E-state index >= 15 is 0 Å². The van der Waals surface area contributed by atoms with Gasteiger partial charge >= 0.3 is 0 Å². The number of likely N-dealkylation sites (tertiary alicyclic amines) is 1. The van der Waals surface area contributed by atoms with Gasteiger partial charge in [-0.1, -0.05) is 23.8 Å². The number of benzene rings is 1. The molecule has 0 aromatic heterocycles. The second-order valence-corrected chi connectivity index (χ2v) is 11.7. The lowest BCUT2D eigenvalue weighted by Gasteiger charge is -2.53. The van der Waals surface area contributed by atoms with Crippen LogP contribution in [-0.4, -0.2) is 83.0 Å². The zero-order valence-corrected chi connectivity index (χ0v) is 22.3. The van der Waals surface area contributed by atoms with Gasteiger partial charge in [0, 0.05) is 56.1 Å². The molecule has 190 valence electrons. The Bertz CT molecular complexity index is 1010. The minimum atomic E-state index is -0.199. The van der Waals surface area contributed by atoms with Crippen molar-refractivity contribution < 1.29 is 4.79 Å². The molecule has 4 aliphatic rings. The molecule has 2 saturated heterocycles. The zero-order valence-electron chi connectivity index (χ0n) is 22.3. The summed E-state index contributed by atoms with van der Waals surface area (Å²) in [4.78, 5) is 29.6. The predicted molar refractivity (Wildman–Crippen MR) is 143 cm³/mol. The Hall–Kier alpha value is -2.05.